The Labute approximate surface area is 192 Å². The number of alkyl carbamates (subject to hydrolysis) is 1. The van der Waals surface area contributed by atoms with E-state index < -0.39 is 30.1 Å². The van der Waals surface area contributed by atoms with Crippen molar-refractivity contribution in [3.05, 3.63) is 59.7 Å². The number of carboxylic acid groups (broad SMARTS) is 1. The van der Waals surface area contributed by atoms with Gasteiger partial charge in [0.05, 0.1) is 6.10 Å². The van der Waals surface area contributed by atoms with Crippen LogP contribution in [0.4, 0.5) is 4.79 Å². The SMILES string of the molecule is O=C(O)CCC(NC(=O)OCC1c2ccccc2-c2ccccc21)C(=O)NCC(O)C1CC1. The number of nitrogens with one attached hydrogen (secondary N) is 2. The van der Waals surface area contributed by atoms with E-state index in [1.54, 1.807) is 0 Å². The second-order valence-electron chi connectivity index (χ2n) is 8.60. The highest BCUT2D eigenvalue weighted by Crippen LogP contribution is 2.44. The lowest BCUT2D eigenvalue weighted by Crippen LogP contribution is -2.49. The molecule has 2 unspecified atom stereocenters. The number of amides is 2. The van der Waals surface area contributed by atoms with Crippen LogP contribution in [0.5, 0.6) is 0 Å². The predicted octanol–water partition coefficient (Wildman–Crippen LogP) is 2.65. The normalized spacial score (nSPS) is 16.3. The van der Waals surface area contributed by atoms with Crippen LogP contribution in [0.25, 0.3) is 11.1 Å². The van der Waals surface area contributed by atoms with E-state index in [4.69, 9.17) is 9.84 Å². The van der Waals surface area contributed by atoms with Gasteiger partial charge in [0.25, 0.3) is 0 Å². The maximum atomic E-state index is 12.5. The third-order valence-electron chi connectivity index (χ3n) is 6.25. The van der Waals surface area contributed by atoms with Crippen molar-refractivity contribution < 1.29 is 29.3 Å². The Morgan fingerprint density at radius 2 is 1.61 bits per heavy atom. The third kappa shape index (κ3) is 5.51. The van der Waals surface area contributed by atoms with Gasteiger partial charge in [0.15, 0.2) is 0 Å². The molecule has 2 amide bonds. The molecule has 0 bridgehead atoms. The molecule has 0 saturated heterocycles. The van der Waals surface area contributed by atoms with Crippen LogP contribution < -0.4 is 10.6 Å². The first kappa shape index (κ1) is 22.8. The minimum absolute atomic E-state index is 0.0689. The lowest BCUT2D eigenvalue weighted by molar-refractivity contribution is -0.137. The summed E-state index contributed by atoms with van der Waals surface area (Å²) in [5.74, 6) is -1.54. The van der Waals surface area contributed by atoms with E-state index in [2.05, 4.69) is 10.6 Å². The number of benzene rings is 2. The number of carboxylic acids is 1. The van der Waals surface area contributed by atoms with E-state index in [-0.39, 0.29) is 37.8 Å². The largest absolute Gasteiger partial charge is 0.481 e. The monoisotopic (exact) mass is 452 g/mol. The van der Waals surface area contributed by atoms with Crippen molar-refractivity contribution in [1.82, 2.24) is 10.6 Å². The summed E-state index contributed by atoms with van der Waals surface area (Å²) in [7, 11) is 0. The van der Waals surface area contributed by atoms with E-state index in [0.29, 0.717) is 0 Å². The number of carbonyl (C=O) groups excluding carboxylic acids is 2. The van der Waals surface area contributed by atoms with Crippen LogP contribution in [0, 0.1) is 5.92 Å². The highest BCUT2D eigenvalue weighted by molar-refractivity contribution is 5.86. The molecular formula is C25H28N2O6. The van der Waals surface area contributed by atoms with Crippen LogP contribution >= 0.6 is 0 Å². The molecule has 0 aromatic heterocycles. The molecular weight excluding hydrogens is 424 g/mol. The van der Waals surface area contributed by atoms with Crippen molar-refractivity contribution in [2.75, 3.05) is 13.2 Å². The van der Waals surface area contributed by atoms with Crippen LogP contribution in [0.3, 0.4) is 0 Å². The molecule has 174 valence electrons. The van der Waals surface area contributed by atoms with Crippen molar-refractivity contribution in [2.45, 2.75) is 43.7 Å². The van der Waals surface area contributed by atoms with Gasteiger partial charge in [-0.05, 0) is 47.4 Å². The van der Waals surface area contributed by atoms with Crippen molar-refractivity contribution in [3.8, 4) is 11.1 Å². The molecule has 33 heavy (non-hydrogen) atoms. The van der Waals surface area contributed by atoms with Crippen molar-refractivity contribution >= 4 is 18.0 Å². The molecule has 4 rings (SSSR count). The second kappa shape index (κ2) is 10.0. The van der Waals surface area contributed by atoms with Crippen LogP contribution in [-0.2, 0) is 14.3 Å². The van der Waals surface area contributed by atoms with Gasteiger partial charge in [0, 0.05) is 18.9 Å². The summed E-state index contributed by atoms with van der Waals surface area (Å²) < 4.78 is 5.47. The molecule has 1 saturated carbocycles. The molecule has 2 atom stereocenters. The molecule has 1 fully saturated rings. The summed E-state index contributed by atoms with van der Waals surface area (Å²) in [6.45, 7) is 0.160. The number of ether oxygens (including phenoxy) is 1. The van der Waals surface area contributed by atoms with Gasteiger partial charge in [0.2, 0.25) is 5.91 Å². The molecule has 2 aliphatic rings. The number of hydrogen-bond donors (Lipinski definition) is 4. The van der Waals surface area contributed by atoms with Gasteiger partial charge in [-0.25, -0.2) is 4.79 Å². The highest BCUT2D eigenvalue weighted by Gasteiger charge is 2.32. The van der Waals surface area contributed by atoms with Gasteiger partial charge in [-0.15, -0.1) is 0 Å². The topological polar surface area (TPSA) is 125 Å². The fourth-order valence-corrected chi connectivity index (χ4v) is 4.29. The Bertz CT molecular complexity index is 990. The summed E-state index contributed by atoms with van der Waals surface area (Å²) in [4.78, 5) is 36.1. The van der Waals surface area contributed by atoms with Crippen LogP contribution in [0.15, 0.2) is 48.5 Å². The molecule has 2 aliphatic carbocycles. The van der Waals surface area contributed by atoms with E-state index >= 15 is 0 Å². The van der Waals surface area contributed by atoms with Crippen molar-refractivity contribution in [3.63, 3.8) is 0 Å². The molecule has 8 heteroatoms. The first-order valence-corrected chi connectivity index (χ1v) is 11.2. The molecule has 4 N–H and O–H groups in total. The van der Waals surface area contributed by atoms with Crippen molar-refractivity contribution in [2.24, 2.45) is 5.92 Å². The Balaban J connectivity index is 1.37. The van der Waals surface area contributed by atoms with Crippen LogP contribution in [0.1, 0.15) is 42.7 Å². The maximum Gasteiger partial charge on any atom is 0.407 e. The zero-order valence-electron chi connectivity index (χ0n) is 18.2. The predicted molar refractivity (Wildman–Crippen MR) is 121 cm³/mol. The summed E-state index contributed by atoms with van der Waals surface area (Å²) in [5, 5.41) is 24.1. The third-order valence-corrected chi connectivity index (χ3v) is 6.25. The fraction of sp³-hybridized carbons (Fsp3) is 0.400. The first-order chi connectivity index (χ1) is 15.9. The highest BCUT2D eigenvalue weighted by atomic mass is 16.5. The van der Waals surface area contributed by atoms with Gasteiger partial charge in [-0.3, -0.25) is 9.59 Å². The summed E-state index contributed by atoms with van der Waals surface area (Å²) >= 11 is 0. The Hall–Kier alpha value is -3.39. The minimum Gasteiger partial charge on any atom is -0.481 e. The lowest BCUT2D eigenvalue weighted by Gasteiger charge is -2.20. The number of hydrogen-bond acceptors (Lipinski definition) is 5. The lowest BCUT2D eigenvalue weighted by atomic mass is 9.98. The van der Waals surface area contributed by atoms with E-state index in [9.17, 15) is 19.5 Å². The standard InChI is InChI=1S/C25H28N2O6/c28-22(15-9-10-15)13-26-24(31)21(11-12-23(29)30)27-25(32)33-14-20-18-7-3-1-5-16(18)17-6-2-4-8-19(17)20/h1-8,15,20-22,28H,9-14H2,(H,26,31)(H,27,32)(H,29,30). The maximum absolute atomic E-state index is 12.5. The molecule has 0 heterocycles. The van der Waals surface area contributed by atoms with Gasteiger partial charge < -0.3 is 25.6 Å². The second-order valence-corrected chi connectivity index (χ2v) is 8.60. The van der Waals surface area contributed by atoms with Gasteiger partial charge in [0.1, 0.15) is 12.6 Å². The zero-order valence-corrected chi connectivity index (χ0v) is 18.2. The average Bonchev–Trinajstić information content (AvgIpc) is 3.62. The molecule has 0 spiro atoms. The summed E-state index contributed by atoms with van der Waals surface area (Å²) in [6, 6.07) is 14.9. The summed E-state index contributed by atoms with van der Waals surface area (Å²) in [6.07, 6.45) is 0.0703. The number of carbonyl (C=O) groups is 3. The molecule has 0 radical (unpaired) electrons. The molecule has 8 nitrogen and oxygen atoms in total. The van der Waals surface area contributed by atoms with Gasteiger partial charge >= 0.3 is 12.1 Å². The van der Waals surface area contributed by atoms with Crippen LogP contribution in [-0.4, -0.2) is 53.5 Å². The number of rotatable bonds is 10. The van der Waals surface area contributed by atoms with Crippen LogP contribution in [0.2, 0.25) is 0 Å². The molecule has 0 aliphatic heterocycles. The average molecular weight is 453 g/mol. The zero-order chi connectivity index (χ0) is 23.4. The van der Waals surface area contributed by atoms with Gasteiger partial charge in [-0.2, -0.15) is 0 Å². The van der Waals surface area contributed by atoms with Gasteiger partial charge in [-0.1, -0.05) is 48.5 Å². The number of fused-ring (bicyclic) bond motifs is 3. The quantitative estimate of drug-likeness (QED) is 0.439. The number of aliphatic hydroxyl groups is 1. The Kier molecular flexibility index (Phi) is 6.93. The number of aliphatic hydroxyl groups excluding tert-OH is 1. The summed E-state index contributed by atoms with van der Waals surface area (Å²) in [5.41, 5.74) is 4.35. The molecule has 2 aromatic rings. The first-order valence-electron chi connectivity index (χ1n) is 11.2. The number of aliphatic carboxylic acids is 1. The minimum atomic E-state index is -1.07. The molecule has 2 aromatic carbocycles. The van der Waals surface area contributed by atoms with E-state index in [1.165, 1.54) is 0 Å². The fourth-order valence-electron chi connectivity index (χ4n) is 4.29. The van der Waals surface area contributed by atoms with E-state index in [0.717, 1.165) is 35.1 Å². The van der Waals surface area contributed by atoms with Crippen molar-refractivity contribution in [1.29, 1.82) is 0 Å². The smallest absolute Gasteiger partial charge is 0.407 e. The Morgan fingerprint density at radius 3 is 2.18 bits per heavy atom. The van der Waals surface area contributed by atoms with E-state index in [1.807, 2.05) is 48.5 Å². The Morgan fingerprint density at radius 1 is 1.00 bits per heavy atom.